The molecule has 0 N–H and O–H groups in total. The van der Waals surface area contributed by atoms with Crippen molar-refractivity contribution >= 4 is 6.79 Å². The number of hydrogen-bond donors (Lipinski definition) is 0. The minimum absolute atomic E-state index is 1.26. The van der Waals surface area contributed by atoms with Crippen molar-refractivity contribution in [3.05, 3.63) is 170 Å². The molecule has 1 nitrogen and oxygen atoms in total. The van der Waals surface area contributed by atoms with E-state index >= 15 is 0 Å². The van der Waals surface area contributed by atoms with Crippen LogP contribution in [0.15, 0.2) is 170 Å². The van der Waals surface area contributed by atoms with Crippen molar-refractivity contribution < 1.29 is 4.79 Å². The van der Waals surface area contributed by atoms with Crippen LogP contribution in [0.1, 0.15) is 0 Å². The highest BCUT2D eigenvalue weighted by Crippen LogP contribution is 2.25. The molecule has 0 bridgehead atoms. The highest BCUT2D eigenvalue weighted by Gasteiger charge is 2.00. The molecule has 0 aliphatic heterocycles. The molecule has 184 valence electrons. The van der Waals surface area contributed by atoms with Crippen molar-refractivity contribution in [2.24, 2.45) is 0 Å². The molecule has 0 saturated carbocycles. The van der Waals surface area contributed by atoms with Crippen molar-refractivity contribution in [1.29, 1.82) is 0 Å². The lowest BCUT2D eigenvalue weighted by molar-refractivity contribution is -0.0979. The zero-order chi connectivity index (χ0) is 26.4. The van der Waals surface area contributed by atoms with Gasteiger partial charge in [0.15, 0.2) is 0 Å². The molecule has 6 aromatic rings. The molecule has 0 aromatic heterocycles. The molecule has 0 aliphatic rings. The molecular weight excluding hydrogens is 460 g/mol. The summed E-state index contributed by atoms with van der Waals surface area (Å²) in [7, 11) is 0. The molecule has 0 amide bonds. The summed E-state index contributed by atoms with van der Waals surface area (Å²) in [5, 5.41) is 0. The largest absolute Gasteiger partial charge is 0.307 e. The smallest absolute Gasteiger partial charge is 0.106 e. The van der Waals surface area contributed by atoms with Gasteiger partial charge in [0.25, 0.3) is 0 Å². The van der Waals surface area contributed by atoms with Crippen LogP contribution in [0.3, 0.4) is 0 Å². The van der Waals surface area contributed by atoms with E-state index in [9.17, 15) is 0 Å². The first-order chi connectivity index (χ1) is 18.9. The topological polar surface area (TPSA) is 17.1 Å². The molecule has 0 aliphatic carbocycles. The van der Waals surface area contributed by atoms with Gasteiger partial charge < -0.3 is 4.79 Å². The van der Waals surface area contributed by atoms with E-state index in [2.05, 4.69) is 146 Å². The third kappa shape index (κ3) is 7.02. The third-order valence-electron chi connectivity index (χ3n) is 6.20. The van der Waals surface area contributed by atoms with E-state index in [1.54, 1.807) is 0 Å². The highest BCUT2D eigenvalue weighted by atomic mass is 16.1. The fourth-order valence-corrected chi connectivity index (χ4v) is 4.23. The van der Waals surface area contributed by atoms with Gasteiger partial charge in [-0.15, -0.1) is 0 Å². The lowest BCUT2D eigenvalue weighted by Crippen LogP contribution is -1.79. The van der Waals surface area contributed by atoms with Gasteiger partial charge in [-0.1, -0.05) is 170 Å². The van der Waals surface area contributed by atoms with Crippen molar-refractivity contribution in [2.45, 2.75) is 0 Å². The summed E-state index contributed by atoms with van der Waals surface area (Å²) in [4.78, 5) is 8.00. The molecule has 6 rings (SSSR count). The maximum absolute atomic E-state index is 8.00. The van der Waals surface area contributed by atoms with E-state index in [1.165, 1.54) is 44.5 Å². The highest BCUT2D eigenvalue weighted by molar-refractivity contribution is 5.71. The molecule has 0 radical (unpaired) electrons. The Balaban J connectivity index is 0.000000166. The zero-order valence-electron chi connectivity index (χ0n) is 21.3. The molecule has 6 aromatic carbocycles. The van der Waals surface area contributed by atoms with Crippen LogP contribution in [0.4, 0.5) is 0 Å². The Morgan fingerprint density at radius 1 is 0.211 bits per heavy atom. The van der Waals surface area contributed by atoms with Gasteiger partial charge in [-0.25, -0.2) is 0 Å². The SMILES string of the molecule is C=O.c1ccc(-c2ccc(-c3ccccc3)cc2)cc1.c1ccc(-c2ccc(-c3ccccc3)cc2)cc1. The molecule has 0 fully saturated rings. The second-order valence-corrected chi connectivity index (χ2v) is 8.62. The minimum Gasteiger partial charge on any atom is -0.307 e. The Kier molecular flexibility index (Phi) is 9.54. The van der Waals surface area contributed by atoms with Gasteiger partial charge in [-0.3, -0.25) is 0 Å². The maximum atomic E-state index is 8.00. The first-order valence-electron chi connectivity index (χ1n) is 12.6. The quantitative estimate of drug-likeness (QED) is 0.240. The summed E-state index contributed by atoms with van der Waals surface area (Å²) < 4.78 is 0. The summed E-state index contributed by atoms with van der Waals surface area (Å²) >= 11 is 0. The summed E-state index contributed by atoms with van der Waals surface area (Å²) in [5.74, 6) is 0. The fraction of sp³-hybridized carbons (Fsp3) is 0. The second-order valence-electron chi connectivity index (χ2n) is 8.62. The Labute approximate surface area is 225 Å². The van der Waals surface area contributed by atoms with Crippen LogP contribution >= 0.6 is 0 Å². The predicted octanol–water partition coefficient (Wildman–Crippen LogP) is 9.86. The molecule has 1 heteroatoms. The lowest BCUT2D eigenvalue weighted by atomic mass is 10.0. The first kappa shape index (κ1) is 26.1. The van der Waals surface area contributed by atoms with Gasteiger partial charge in [0.2, 0.25) is 0 Å². The molecular formula is C37H30O. The number of benzene rings is 6. The molecule has 0 heterocycles. The van der Waals surface area contributed by atoms with Crippen LogP contribution in [0.2, 0.25) is 0 Å². The van der Waals surface area contributed by atoms with E-state index in [0.717, 1.165) is 0 Å². The van der Waals surface area contributed by atoms with E-state index in [-0.39, 0.29) is 0 Å². The summed E-state index contributed by atoms with van der Waals surface area (Å²) in [6, 6.07) is 59.3. The Morgan fingerprint density at radius 2 is 0.342 bits per heavy atom. The molecule has 0 saturated heterocycles. The summed E-state index contributed by atoms with van der Waals surface area (Å²) in [6.45, 7) is 2.00. The number of carbonyl (C=O) groups is 1. The third-order valence-corrected chi connectivity index (χ3v) is 6.20. The molecule has 38 heavy (non-hydrogen) atoms. The average Bonchev–Trinajstić information content (AvgIpc) is 3.04. The van der Waals surface area contributed by atoms with Gasteiger partial charge in [0.1, 0.15) is 6.79 Å². The van der Waals surface area contributed by atoms with Crippen LogP contribution in [0, 0.1) is 0 Å². The average molecular weight is 491 g/mol. The van der Waals surface area contributed by atoms with Crippen LogP contribution in [0.5, 0.6) is 0 Å². The second kappa shape index (κ2) is 13.9. The van der Waals surface area contributed by atoms with Gasteiger partial charge in [0, 0.05) is 0 Å². The molecule has 0 atom stereocenters. The molecule has 0 spiro atoms. The summed E-state index contributed by atoms with van der Waals surface area (Å²) in [5.41, 5.74) is 10.1. The number of hydrogen-bond acceptors (Lipinski definition) is 1. The van der Waals surface area contributed by atoms with Gasteiger partial charge in [0.05, 0.1) is 0 Å². The van der Waals surface area contributed by atoms with Crippen molar-refractivity contribution in [3.8, 4) is 44.5 Å². The number of rotatable bonds is 4. The van der Waals surface area contributed by atoms with Crippen molar-refractivity contribution in [1.82, 2.24) is 0 Å². The van der Waals surface area contributed by atoms with Crippen molar-refractivity contribution in [2.75, 3.05) is 0 Å². The molecule has 0 unspecified atom stereocenters. The van der Waals surface area contributed by atoms with Gasteiger partial charge in [-0.05, 0) is 44.5 Å². The lowest BCUT2D eigenvalue weighted by Gasteiger charge is -2.04. The Morgan fingerprint density at radius 3 is 0.500 bits per heavy atom. The van der Waals surface area contributed by atoms with E-state index in [0.29, 0.717) is 0 Å². The van der Waals surface area contributed by atoms with E-state index in [4.69, 9.17) is 4.79 Å². The Hall–Kier alpha value is -5.01. The van der Waals surface area contributed by atoms with Gasteiger partial charge in [-0.2, -0.15) is 0 Å². The minimum atomic E-state index is 1.26. The maximum Gasteiger partial charge on any atom is 0.106 e. The van der Waals surface area contributed by atoms with Crippen LogP contribution in [-0.4, -0.2) is 6.79 Å². The first-order valence-corrected chi connectivity index (χ1v) is 12.6. The van der Waals surface area contributed by atoms with Crippen LogP contribution in [0.25, 0.3) is 44.5 Å². The Bertz CT molecular complexity index is 1240. The van der Waals surface area contributed by atoms with Crippen LogP contribution in [-0.2, 0) is 4.79 Å². The number of carbonyl (C=O) groups excluding carboxylic acids is 1. The van der Waals surface area contributed by atoms with E-state index in [1.807, 2.05) is 31.1 Å². The van der Waals surface area contributed by atoms with Gasteiger partial charge >= 0.3 is 0 Å². The van der Waals surface area contributed by atoms with Crippen molar-refractivity contribution in [3.63, 3.8) is 0 Å². The van der Waals surface area contributed by atoms with E-state index < -0.39 is 0 Å². The van der Waals surface area contributed by atoms with Crippen LogP contribution < -0.4 is 0 Å². The zero-order valence-corrected chi connectivity index (χ0v) is 21.3. The standard InChI is InChI=1S/2C18H14.CH2O/c2*1-3-7-15(8-4-1)17-11-13-18(14-12-17)16-9-5-2-6-10-16;1-2/h2*1-14H;1H2. The summed E-state index contributed by atoms with van der Waals surface area (Å²) in [6.07, 6.45) is 0. The fourth-order valence-electron chi connectivity index (χ4n) is 4.23. The predicted molar refractivity (Wildman–Crippen MR) is 162 cm³/mol. The normalized spacial score (nSPS) is 9.79. The monoisotopic (exact) mass is 490 g/mol.